The zero-order valence-electron chi connectivity index (χ0n) is 9.82. The molecule has 3 N–H and O–H groups in total. The summed E-state index contributed by atoms with van der Waals surface area (Å²) in [4.78, 5) is 2.36. The Morgan fingerprint density at radius 1 is 1.38 bits per heavy atom. The van der Waals surface area contributed by atoms with Crippen molar-refractivity contribution in [1.29, 1.82) is 0 Å². The molecule has 1 aliphatic rings. The van der Waals surface area contributed by atoms with Crippen molar-refractivity contribution < 1.29 is 5.11 Å². The van der Waals surface area contributed by atoms with E-state index in [1.165, 1.54) is 25.9 Å². The third-order valence-electron chi connectivity index (χ3n) is 3.47. The standard InChI is InChI=1S/C13H20N2O/c1-15-6-4-10(5-7-15)8-11-9-12(16)2-3-13(11)14/h2-3,9-10,16H,4-8,14H2,1H3. The maximum atomic E-state index is 9.45. The molecule has 16 heavy (non-hydrogen) atoms. The van der Waals surface area contributed by atoms with E-state index in [2.05, 4.69) is 11.9 Å². The molecule has 1 saturated heterocycles. The second-order valence-electron chi connectivity index (χ2n) is 4.83. The Kier molecular flexibility index (Phi) is 3.34. The van der Waals surface area contributed by atoms with Crippen LogP contribution in [-0.4, -0.2) is 30.1 Å². The van der Waals surface area contributed by atoms with Crippen molar-refractivity contribution in [3.63, 3.8) is 0 Å². The molecule has 0 saturated carbocycles. The lowest BCUT2D eigenvalue weighted by Gasteiger charge is -2.29. The summed E-state index contributed by atoms with van der Waals surface area (Å²) in [5, 5.41) is 9.45. The first kappa shape index (κ1) is 11.3. The maximum Gasteiger partial charge on any atom is 0.116 e. The lowest BCUT2D eigenvalue weighted by molar-refractivity contribution is 0.219. The van der Waals surface area contributed by atoms with Gasteiger partial charge in [-0.1, -0.05) is 0 Å². The van der Waals surface area contributed by atoms with Gasteiger partial charge in [-0.2, -0.15) is 0 Å². The molecule has 3 heteroatoms. The highest BCUT2D eigenvalue weighted by Gasteiger charge is 2.17. The van der Waals surface area contributed by atoms with Crippen LogP contribution in [0.4, 0.5) is 5.69 Å². The Labute approximate surface area is 96.9 Å². The van der Waals surface area contributed by atoms with E-state index in [0.717, 1.165) is 17.7 Å². The Bertz CT molecular complexity index is 357. The summed E-state index contributed by atoms with van der Waals surface area (Å²) >= 11 is 0. The molecule has 0 aromatic heterocycles. The second kappa shape index (κ2) is 4.74. The molecule has 0 spiro atoms. The van der Waals surface area contributed by atoms with Crippen LogP contribution in [0.3, 0.4) is 0 Å². The summed E-state index contributed by atoms with van der Waals surface area (Å²) in [6.07, 6.45) is 3.45. The topological polar surface area (TPSA) is 49.5 Å². The minimum absolute atomic E-state index is 0.317. The van der Waals surface area contributed by atoms with Gasteiger partial charge < -0.3 is 15.7 Å². The van der Waals surface area contributed by atoms with Crippen molar-refractivity contribution in [2.45, 2.75) is 19.3 Å². The van der Waals surface area contributed by atoms with Gasteiger partial charge in [0.2, 0.25) is 0 Å². The Morgan fingerprint density at radius 2 is 2.06 bits per heavy atom. The molecule has 0 bridgehead atoms. The largest absolute Gasteiger partial charge is 0.508 e. The number of phenols is 1. The van der Waals surface area contributed by atoms with E-state index in [9.17, 15) is 5.11 Å². The first-order chi connectivity index (χ1) is 7.65. The molecule has 1 aromatic rings. The lowest BCUT2D eigenvalue weighted by Crippen LogP contribution is -2.31. The molecule has 1 heterocycles. The van der Waals surface area contributed by atoms with Crippen LogP contribution in [0.1, 0.15) is 18.4 Å². The molecule has 1 fully saturated rings. The number of likely N-dealkylation sites (tertiary alicyclic amines) is 1. The fourth-order valence-corrected chi connectivity index (χ4v) is 2.35. The van der Waals surface area contributed by atoms with E-state index in [1.807, 2.05) is 0 Å². The number of anilines is 1. The van der Waals surface area contributed by atoms with E-state index < -0.39 is 0 Å². The highest BCUT2D eigenvalue weighted by Crippen LogP contribution is 2.26. The maximum absolute atomic E-state index is 9.45. The molecule has 88 valence electrons. The average molecular weight is 220 g/mol. The lowest BCUT2D eigenvalue weighted by atomic mass is 9.90. The van der Waals surface area contributed by atoms with Gasteiger partial charge in [-0.25, -0.2) is 0 Å². The van der Waals surface area contributed by atoms with E-state index >= 15 is 0 Å². The summed E-state index contributed by atoms with van der Waals surface area (Å²) < 4.78 is 0. The molecular formula is C13H20N2O. The number of nitrogens with two attached hydrogens (primary N) is 1. The number of hydrogen-bond acceptors (Lipinski definition) is 3. The molecule has 3 nitrogen and oxygen atoms in total. The van der Waals surface area contributed by atoms with Crippen LogP contribution < -0.4 is 5.73 Å². The van der Waals surface area contributed by atoms with Gasteiger partial charge >= 0.3 is 0 Å². The highest BCUT2D eigenvalue weighted by atomic mass is 16.3. The molecular weight excluding hydrogens is 200 g/mol. The van der Waals surface area contributed by atoms with Crippen molar-refractivity contribution >= 4 is 5.69 Å². The monoisotopic (exact) mass is 220 g/mol. The van der Waals surface area contributed by atoms with Crippen LogP contribution >= 0.6 is 0 Å². The molecule has 0 atom stereocenters. The minimum atomic E-state index is 0.317. The summed E-state index contributed by atoms with van der Waals surface area (Å²) in [5.74, 6) is 1.03. The quantitative estimate of drug-likeness (QED) is 0.591. The number of piperidine rings is 1. The highest BCUT2D eigenvalue weighted by molar-refractivity contribution is 5.50. The van der Waals surface area contributed by atoms with Gasteiger partial charge in [0.25, 0.3) is 0 Å². The van der Waals surface area contributed by atoms with Gasteiger partial charge in [-0.3, -0.25) is 0 Å². The smallest absolute Gasteiger partial charge is 0.116 e. The normalized spacial score (nSPS) is 18.8. The third kappa shape index (κ3) is 2.67. The third-order valence-corrected chi connectivity index (χ3v) is 3.47. The molecule has 0 aliphatic carbocycles. The van der Waals surface area contributed by atoms with Gasteiger partial charge in [-0.15, -0.1) is 0 Å². The predicted octanol–water partition coefficient (Wildman–Crippen LogP) is 1.86. The summed E-state index contributed by atoms with van der Waals surface area (Å²) in [6, 6.07) is 5.24. The fourth-order valence-electron chi connectivity index (χ4n) is 2.35. The number of rotatable bonds is 2. The van der Waals surface area contributed by atoms with Crippen LogP contribution in [0, 0.1) is 5.92 Å². The van der Waals surface area contributed by atoms with Crippen molar-refractivity contribution in [1.82, 2.24) is 4.90 Å². The first-order valence-corrected chi connectivity index (χ1v) is 5.91. The molecule has 2 rings (SSSR count). The van der Waals surface area contributed by atoms with E-state index in [0.29, 0.717) is 11.7 Å². The van der Waals surface area contributed by atoms with Crippen molar-refractivity contribution in [3.8, 4) is 5.75 Å². The Balaban J connectivity index is 2.00. The minimum Gasteiger partial charge on any atom is -0.508 e. The number of nitrogen functional groups attached to an aromatic ring is 1. The molecule has 0 radical (unpaired) electrons. The SMILES string of the molecule is CN1CCC(Cc2cc(O)ccc2N)CC1. The first-order valence-electron chi connectivity index (χ1n) is 5.91. The van der Waals surface area contributed by atoms with Gasteiger partial charge in [0.05, 0.1) is 0 Å². The van der Waals surface area contributed by atoms with E-state index in [1.54, 1.807) is 18.2 Å². The summed E-state index contributed by atoms with van der Waals surface area (Å²) in [7, 11) is 2.17. The molecule has 1 aromatic carbocycles. The van der Waals surface area contributed by atoms with E-state index in [-0.39, 0.29) is 0 Å². The van der Waals surface area contributed by atoms with Gasteiger partial charge in [-0.05, 0) is 69.1 Å². The molecule has 1 aliphatic heterocycles. The number of nitrogens with zero attached hydrogens (tertiary/aromatic N) is 1. The second-order valence-corrected chi connectivity index (χ2v) is 4.83. The van der Waals surface area contributed by atoms with E-state index in [4.69, 9.17) is 5.73 Å². The fraction of sp³-hybridized carbons (Fsp3) is 0.538. The molecule has 0 amide bonds. The van der Waals surface area contributed by atoms with Gasteiger partial charge in [0.1, 0.15) is 5.75 Å². The Morgan fingerprint density at radius 3 is 2.75 bits per heavy atom. The van der Waals surface area contributed by atoms with Gasteiger partial charge in [0.15, 0.2) is 0 Å². The zero-order valence-corrected chi connectivity index (χ0v) is 9.82. The van der Waals surface area contributed by atoms with Crippen molar-refractivity contribution in [3.05, 3.63) is 23.8 Å². The number of hydrogen-bond donors (Lipinski definition) is 2. The summed E-state index contributed by atoms with van der Waals surface area (Å²) in [6.45, 7) is 2.34. The average Bonchev–Trinajstić information content (AvgIpc) is 2.27. The Hall–Kier alpha value is -1.22. The zero-order chi connectivity index (χ0) is 11.5. The molecule has 0 unspecified atom stereocenters. The van der Waals surface area contributed by atoms with Crippen LogP contribution in [0.15, 0.2) is 18.2 Å². The van der Waals surface area contributed by atoms with Crippen LogP contribution in [0.25, 0.3) is 0 Å². The van der Waals surface area contributed by atoms with Crippen LogP contribution in [-0.2, 0) is 6.42 Å². The van der Waals surface area contributed by atoms with Crippen molar-refractivity contribution in [2.24, 2.45) is 5.92 Å². The van der Waals surface area contributed by atoms with Crippen molar-refractivity contribution in [2.75, 3.05) is 25.9 Å². The van der Waals surface area contributed by atoms with Crippen LogP contribution in [0.5, 0.6) is 5.75 Å². The number of benzene rings is 1. The number of phenolic OH excluding ortho intramolecular Hbond substituents is 1. The predicted molar refractivity (Wildman–Crippen MR) is 66.4 cm³/mol. The van der Waals surface area contributed by atoms with Gasteiger partial charge in [0, 0.05) is 5.69 Å². The summed E-state index contributed by atoms with van der Waals surface area (Å²) in [5.41, 5.74) is 7.81. The number of aromatic hydroxyl groups is 1. The van der Waals surface area contributed by atoms with Crippen LogP contribution in [0.2, 0.25) is 0 Å².